The molecule has 3 nitrogen and oxygen atoms in total. The predicted octanol–water partition coefficient (Wildman–Crippen LogP) is 4.91. The molecule has 0 saturated carbocycles. The van der Waals surface area contributed by atoms with E-state index in [-0.39, 0.29) is 16.9 Å². The fraction of sp³-hybridized carbons (Fsp3) is 0.647. The van der Waals surface area contributed by atoms with Gasteiger partial charge in [0.1, 0.15) is 11.6 Å². The molecule has 0 aliphatic carbocycles. The first-order chi connectivity index (χ1) is 10.2. The molecule has 1 aliphatic heterocycles. The first kappa shape index (κ1) is 17.4. The van der Waals surface area contributed by atoms with E-state index in [9.17, 15) is 4.39 Å². The van der Waals surface area contributed by atoms with E-state index < -0.39 is 8.32 Å². The zero-order valence-corrected chi connectivity index (χ0v) is 15.6. The van der Waals surface area contributed by atoms with Crippen molar-refractivity contribution in [3.8, 4) is 5.75 Å². The Labute approximate surface area is 134 Å². The Bertz CT molecular complexity index is 528. The van der Waals surface area contributed by atoms with E-state index in [0.29, 0.717) is 0 Å². The molecule has 0 unspecified atom stereocenters. The molecule has 1 aromatic rings. The summed E-state index contributed by atoms with van der Waals surface area (Å²) in [6, 6.07) is 4.79. The van der Waals surface area contributed by atoms with Crippen LogP contribution in [0.3, 0.4) is 0 Å². The summed E-state index contributed by atoms with van der Waals surface area (Å²) in [6.07, 6.45) is 2.02. The molecule has 1 aliphatic rings. The fourth-order valence-electron chi connectivity index (χ4n) is 2.56. The predicted molar refractivity (Wildman–Crippen MR) is 89.9 cm³/mol. The largest absolute Gasteiger partial charge is 0.496 e. The molecule has 0 amide bonds. The van der Waals surface area contributed by atoms with Crippen molar-refractivity contribution in [2.24, 2.45) is 0 Å². The number of halogens is 1. The lowest BCUT2D eigenvalue weighted by atomic mass is 10.0. The second-order valence-corrected chi connectivity index (χ2v) is 12.2. The summed E-state index contributed by atoms with van der Waals surface area (Å²) in [6.45, 7) is 12.1. The summed E-state index contributed by atoms with van der Waals surface area (Å²) < 4.78 is 25.6. The molecule has 0 bridgehead atoms. The molecule has 1 aromatic carbocycles. The molecule has 5 heteroatoms. The van der Waals surface area contributed by atoms with Gasteiger partial charge in [0, 0.05) is 12.1 Å². The van der Waals surface area contributed by atoms with Crippen molar-refractivity contribution in [1.29, 1.82) is 0 Å². The molecule has 2 rings (SSSR count). The molecular weight excluding hydrogens is 297 g/mol. The quantitative estimate of drug-likeness (QED) is 0.734. The monoisotopic (exact) mass is 325 g/mol. The average Bonchev–Trinajstić information content (AvgIpc) is 2.84. The van der Waals surface area contributed by atoms with E-state index in [1.165, 1.54) is 6.07 Å². The van der Waals surface area contributed by atoms with E-state index in [4.69, 9.17) is 9.26 Å². The van der Waals surface area contributed by atoms with Crippen LogP contribution in [0.2, 0.25) is 18.1 Å². The van der Waals surface area contributed by atoms with Crippen LogP contribution in [0.25, 0.3) is 0 Å². The van der Waals surface area contributed by atoms with Gasteiger partial charge in [-0.2, -0.15) is 5.06 Å². The number of rotatable bonds is 4. The van der Waals surface area contributed by atoms with Crippen molar-refractivity contribution >= 4 is 8.32 Å². The second-order valence-electron chi connectivity index (χ2n) is 7.54. The third-order valence-electron chi connectivity index (χ3n) is 4.91. The van der Waals surface area contributed by atoms with Crippen LogP contribution >= 0.6 is 0 Å². The molecule has 0 N–H and O–H groups in total. The fourth-order valence-corrected chi connectivity index (χ4v) is 3.63. The summed E-state index contributed by atoms with van der Waals surface area (Å²) in [5.41, 5.74) is 0.888. The first-order valence-electron chi connectivity index (χ1n) is 7.95. The Kier molecular flexibility index (Phi) is 4.99. The Balaban J connectivity index is 2.27. The Morgan fingerprint density at radius 2 is 1.95 bits per heavy atom. The van der Waals surface area contributed by atoms with Gasteiger partial charge in [0.05, 0.1) is 13.2 Å². The molecule has 0 radical (unpaired) electrons. The minimum Gasteiger partial charge on any atom is -0.496 e. The van der Waals surface area contributed by atoms with Crippen LogP contribution in [0.4, 0.5) is 4.39 Å². The van der Waals surface area contributed by atoms with Gasteiger partial charge in [-0.3, -0.25) is 0 Å². The molecule has 22 heavy (non-hydrogen) atoms. The lowest BCUT2D eigenvalue weighted by molar-refractivity contribution is -0.0867. The number of ether oxygens (including phenoxy) is 1. The Morgan fingerprint density at radius 1 is 1.27 bits per heavy atom. The maximum Gasteiger partial charge on any atom is 0.220 e. The van der Waals surface area contributed by atoms with Crippen molar-refractivity contribution in [2.45, 2.75) is 57.8 Å². The van der Waals surface area contributed by atoms with Gasteiger partial charge in [-0.1, -0.05) is 20.8 Å². The zero-order valence-electron chi connectivity index (χ0n) is 14.6. The van der Waals surface area contributed by atoms with Crippen molar-refractivity contribution in [3.05, 3.63) is 29.6 Å². The summed E-state index contributed by atoms with van der Waals surface area (Å²) in [5.74, 6) is 0.507. The molecule has 124 valence electrons. The molecule has 0 aromatic heterocycles. The molecular formula is C17H28FNO2Si. The highest BCUT2D eigenvalue weighted by molar-refractivity contribution is 6.74. The third kappa shape index (κ3) is 3.53. The van der Waals surface area contributed by atoms with Gasteiger partial charge in [-0.15, -0.1) is 0 Å². The lowest BCUT2D eigenvalue weighted by Gasteiger charge is -2.40. The number of methoxy groups -OCH3 is 1. The minimum atomic E-state index is -1.89. The van der Waals surface area contributed by atoms with Gasteiger partial charge in [0.25, 0.3) is 0 Å². The topological polar surface area (TPSA) is 21.7 Å². The van der Waals surface area contributed by atoms with E-state index in [1.807, 2.05) is 0 Å². The zero-order chi connectivity index (χ0) is 16.5. The minimum absolute atomic E-state index is 0.0692. The first-order valence-corrected chi connectivity index (χ1v) is 10.9. The van der Waals surface area contributed by atoms with Crippen LogP contribution < -0.4 is 4.74 Å². The van der Waals surface area contributed by atoms with Crippen molar-refractivity contribution in [2.75, 3.05) is 13.7 Å². The molecule has 1 heterocycles. The van der Waals surface area contributed by atoms with Gasteiger partial charge < -0.3 is 9.26 Å². The van der Waals surface area contributed by atoms with E-state index in [0.717, 1.165) is 30.7 Å². The highest BCUT2D eigenvalue weighted by Gasteiger charge is 2.42. The molecule has 1 fully saturated rings. The summed E-state index contributed by atoms with van der Waals surface area (Å²) in [7, 11) is -0.265. The van der Waals surface area contributed by atoms with Crippen LogP contribution in [0.15, 0.2) is 18.2 Å². The lowest BCUT2D eigenvalue weighted by Crippen LogP contribution is -2.46. The van der Waals surface area contributed by atoms with Crippen LogP contribution in [0.1, 0.15) is 45.2 Å². The van der Waals surface area contributed by atoms with Crippen molar-refractivity contribution < 1.29 is 13.7 Å². The summed E-state index contributed by atoms with van der Waals surface area (Å²) in [4.78, 5) is 0. The third-order valence-corrected chi connectivity index (χ3v) is 9.21. The molecule has 1 atom stereocenters. The Hall–Kier alpha value is -0.913. The van der Waals surface area contributed by atoms with Gasteiger partial charge in [0.2, 0.25) is 8.32 Å². The van der Waals surface area contributed by atoms with Crippen LogP contribution in [0.5, 0.6) is 5.75 Å². The normalized spacial score (nSPS) is 20.4. The summed E-state index contributed by atoms with van der Waals surface area (Å²) >= 11 is 0. The van der Waals surface area contributed by atoms with Gasteiger partial charge in [-0.05, 0) is 49.2 Å². The number of hydrogen-bond acceptors (Lipinski definition) is 3. The van der Waals surface area contributed by atoms with Crippen molar-refractivity contribution in [1.82, 2.24) is 5.06 Å². The highest BCUT2D eigenvalue weighted by atomic mass is 28.4. The maximum absolute atomic E-state index is 13.7. The van der Waals surface area contributed by atoms with Crippen LogP contribution in [-0.4, -0.2) is 27.0 Å². The summed E-state index contributed by atoms with van der Waals surface area (Å²) in [5, 5.41) is 2.21. The van der Waals surface area contributed by atoms with Crippen LogP contribution in [-0.2, 0) is 4.53 Å². The van der Waals surface area contributed by atoms with E-state index >= 15 is 0 Å². The standard InChI is InChI=1S/C17H28FNO2Si/c1-17(2,3)22(5,6)21-19-11-7-8-15(19)14-12-13(18)9-10-16(14)20-4/h9-10,12,15H,7-8,11H2,1-6H3/t15-/m1/s1. The average molecular weight is 326 g/mol. The number of benzene rings is 1. The SMILES string of the molecule is COc1ccc(F)cc1[C@H]1CCCN1O[Si](C)(C)C(C)(C)C. The number of nitrogens with zero attached hydrogens (tertiary/aromatic N) is 1. The van der Waals surface area contributed by atoms with Gasteiger partial charge >= 0.3 is 0 Å². The van der Waals surface area contributed by atoms with E-state index in [1.54, 1.807) is 19.2 Å². The maximum atomic E-state index is 13.7. The van der Waals surface area contributed by atoms with E-state index in [2.05, 4.69) is 38.9 Å². The van der Waals surface area contributed by atoms with Gasteiger partial charge in [-0.25, -0.2) is 4.39 Å². The Morgan fingerprint density at radius 3 is 2.55 bits per heavy atom. The second kappa shape index (κ2) is 6.30. The number of hydroxylamine groups is 2. The highest BCUT2D eigenvalue weighted by Crippen LogP contribution is 2.42. The molecule has 0 spiro atoms. The number of hydrogen-bond donors (Lipinski definition) is 0. The molecule has 1 saturated heterocycles. The van der Waals surface area contributed by atoms with Crippen LogP contribution in [0, 0.1) is 5.82 Å². The van der Waals surface area contributed by atoms with Gasteiger partial charge in [0.15, 0.2) is 0 Å². The smallest absolute Gasteiger partial charge is 0.220 e. The van der Waals surface area contributed by atoms with Crippen molar-refractivity contribution in [3.63, 3.8) is 0 Å².